The zero-order valence-electron chi connectivity index (χ0n) is 17.5. The summed E-state index contributed by atoms with van der Waals surface area (Å²) in [5.41, 5.74) is 2.18. The highest BCUT2D eigenvalue weighted by molar-refractivity contribution is 7.91. The van der Waals surface area contributed by atoms with E-state index in [-0.39, 0.29) is 40.4 Å². The fourth-order valence-electron chi connectivity index (χ4n) is 3.79. The maximum Gasteiger partial charge on any atom is 0.285 e. The number of carbonyl (C=O) groups is 1. The molecule has 0 saturated carbocycles. The van der Waals surface area contributed by atoms with Gasteiger partial charge in [0.05, 0.1) is 10.6 Å². The van der Waals surface area contributed by atoms with Crippen molar-refractivity contribution in [1.29, 1.82) is 0 Å². The standard InChI is InChI=1S/C21H24N4O5S2/c1-2-15-3-5-17(6-4-15)24-21(26)16-9-11-25(12-10-16)32(29,30)18-7-8-19-20(13-18)31(27,28)23-14-22-19/h3-8,13-14,16H,2,9-12H2,1H3,(H,22,23)(H,24,26). The Kier molecular flexibility index (Phi) is 6.06. The van der Waals surface area contributed by atoms with Gasteiger partial charge in [0.2, 0.25) is 15.9 Å². The van der Waals surface area contributed by atoms with Gasteiger partial charge in [-0.1, -0.05) is 19.1 Å². The van der Waals surface area contributed by atoms with Crippen LogP contribution >= 0.6 is 0 Å². The summed E-state index contributed by atoms with van der Waals surface area (Å²) in [6.45, 7) is 2.41. The van der Waals surface area contributed by atoms with E-state index < -0.39 is 20.0 Å². The molecule has 0 bridgehead atoms. The number of nitrogens with one attached hydrogen (secondary N) is 2. The first-order chi connectivity index (χ1) is 15.2. The molecule has 1 saturated heterocycles. The van der Waals surface area contributed by atoms with Crippen LogP contribution < -0.4 is 10.6 Å². The van der Waals surface area contributed by atoms with E-state index in [0.717, 1.165) is 18.8 Å². The molecule has 2 aliphatic rings. The lowest BCUT2D eigenvalue weighted by Gasteiger charge is -2.30. The maximum absolute atomic E-state index is 13.1. The molecule has 0 aliphatic carbocycles. The topological polar surface area (TPSA) is 125 Å². The van der Waals surface area contributed by atoms with Crippen molar-refractivity contribution in [2.24, 2.45) is 10.3 Å². The van der Waals surface area contributed by atoms with Crippen LogP contribution in [-0.2, 0) is 31.3 Å². The fourth-order valence-corrected chi connectivity index (χ4v) is 6.35. The van der Waals surface area contributed by atoms with Crippen LogP contribution in [0.1, 0.15) is 25.3 Å². The molecular weight excluding hydrogens is 452 g/mol. The zero-order chi connectivity index (χ0) is 22.9. The molecule has 11 heteroatoms. The highest BCUT2D eigenvalue weighted by Gasteiger charge is 2.33. The molecule has 2 N–H and O–H groups in total. The van der Waals surface area contributed by atoms with Gasteiger partial charge in [0, 0.05) is 24.7 Å². The second kappa shape index (κ2) is 8.64. The SMILES string of the molecule is CCc1ccc(NC(=O)C2CCN(S(=O)(=O)c3ccc4c(c3)S(=O)(=O)N=CN4)CC2)cc1. The number of piperidine rings is 1. The van der Waals surface area contributed by atoms with Crippen LogP contribution in [0.15, 0.2) is 56.7 Å². The van der Waals surface area contributed by atoms with E-state index in [1.165, 1.54) is 22.0 Å². The van der Waals surface area contributed by atoms with Crippen LogP contribution in [0.4, 0.5) is 11.4 Å². The number of benzene rings is 2. The minimum Gasteiger partial charge on any atom is -0.345 e. The lowest BCUT2D eigenvalue weighted by molar-refractivity contribution is -0.120. The Balaban J connectivity index is 1.43. The smallest absolute Gasteiger partial charge is 0.285 e. The van der Waals surface area contributed by atoms with Gasteiger partial charge in [0.15, 0.2) is 0 Å². The summed E-state index contributed by atoms with van der Waals surface area (Å²) < 4.78 is 55.1. The van der Waals surface area contributed by atoms with E-state index >= 15 is 0 Å². The minimum atomic E-state index is -3.94. The second-order valence-electron chi connectivity index (χ2n) is 7.73. The van der Waals surface area contributed by atoms with Crippen molar-refractivity contribution in [3.63, 3.8) is 0 Å². The molecule has 2 aromatic carbocycles. The Hall–Kier alpha value is -2.76. The molecule has 170 valence electrons. The average Bonchev–Trinajstić information content (AvgIpc) is 2.79. The molecular formula is C21H24N4O5S2. The van der Waals surface area contributed by atoms with E-state index in [1.54, 1.807) is 0 Å². The number of hydrogen-bond acceptors (Lipinski definition) is 6. The summed E-state index contributed by atoms with van der Waals surface area (Å²) in [6.07, 6.45) is 2.74. The Morgan fingerprint density at radius 3 is 2.50 bits per heavy atom. The Morgan fingerprint density at radius 1 is 1.16 bits per heavy atom. The third-order valence-electron chi connectivity index (χ3n) is 5.73. The number of rotatable bonds is 5. The second-order valence-corrected chi connectivity index (χ2v) is 11.3. The zero-order valence-corrected chi connectivity index (χ0v) is 19.1. The Morgan fingerprint density at radius 2 is 1.84 bits per heavy atom. The third-order valence-corrected chi connectivity index (χ3v) is 8.91. The molecule has 1 amide bonds. The molecule has 0 unspecified atom stereocenters. The summed E-state index contributed by atoms with van der Waals surface area (Å²) >= 11 is 0. The summed E-state index contributed by atoms with van der Waals surface area (Å²) in [6, 6.07) is 11.6. The first kappa shape index (κ1) is 22.4. The lowest BCUT2D eigenvalue weighted by Crippen LogP contribution is -2.41. The Labute approximate surface area is 187 Å². The average molecular weight is 477 g/mol. The number of fused-ring (bicyclic) bond motifs is 1. The van der Waals surface area contributed by atoms with Crippen molar-refractivity contribution < 1.29 is 21.6 Å². The maximum atomic E-state index is 13.1. The van der Waals surface area contributed by atoms with Gasteiger partial charge in [-0.05, 0) is 55.2 Å². The molecule has 2 aliphatic heterocycles. The number of carbonyl (C=O) groups excluding carboxylic acids is 1. The molecule has 2 heterocycles. The predicted octanol–water partition coefficient (Wildman–Crippen LogP) is 2.43. The molecule has 2 aromatic rings. The van der Waals surface area contributed by atoms with E-state index in [0.29, 0.717) is 18.5 Å². The van der Waals surface area contributed by atoms with E-state index in [4.69, 9.17) is 0 Å². The van der Waals surface area contributed by atoms with Crippen LogP contribution in [-0.4, -0.2) is 46.5 Å². The summed E-state index contributed by atoms with van der Waals surface area (Å²) in [5, 5.41) is 5.59. The number of hydrogen-bond donors (Lipinski definition) is 2. The fraction of sp³-hybridized carbons (Fsp3) is 0.333. The number of anilines is 2. The number of nitrogens with zero attached hydrogens (tertiary/aromatic N) is 2. The molecule has 0 aromatic heterocycles. The van der Waals surface area contributed by atoms with Gasteiger partial charge in [-0.15, -0.1) is 4.40 Å². The van der Waals surface area contributed by atoms with Gasteiger partial charge >= 0.3 is 0 Å². The third kappa shape index (κ3) is 4.41. The van der Waals surface area contributed by atoms with Crippen LogP contribution in [0.25, 0.3) is 0 Å². The van der Waals surface area contributed by atoms with E-state index in [2.05, 4.69) is 22.0 Å². The normalized spacial score (nSPS) is 18.5. The number of aryl methyl sites for hydroxylation is 1. The summed E-state index contributed by atoms with van der Waals surface area (Å²) in [7, 11) is -7.84. The first-order valence-corrected chi connectivity index (χ1v) is 13.2. The number of sulfonamides is 2. The van der Waals surface area contributed by atoms with Crippen molar-refractivity contribution >= 4 is 43.7 Å². The van der Waals surface area contributed by atoms with Gasteiger partial charge in [0.1, 0.15) is 11.2 Å². The van der Waals surface area contributed by atoms with Crippen molar-refractivity contribution in [3.8, 4) is 0 Å². The largest absolute Gasteiger partial charge is 0.345 e. The van der Waals surface area contributed by atoms with E-state index in [1.807, 2.05) is 24.3 Å². The highest BCUT2D eigenvalue weighted by atomic mass is 32.2. The molecule has 1 fully saturated rings. The van der Waals surface area contributed by atoms with Crippen LogP contribution in [0.3, 0.4) is 0 Å². The van der Waals surface area contributed by atoms with Crippen LogP contribution in [0, 0.1) is 5.92 Å². The van der Waals surface area contributed by atoms with Crippen molar-refractivity contribution in [2.75, 3.05) is 23.7 Å². The van der Waals surface area contributed by atoms with Gasteiger partial charge < -0.3 is 10.6 Å². The Bertz CT molecular complexity index is 1260. The van der Waals surface area contributed by atoms with E-state index in [9.17, 15) is 21.6 Å². The monoisotopic (exact) mass is 476 g/mol. The molecule has 9 nitrogen and oxygen atoms in total. The first-order valence-electron chi connectivity index (χ1n) is 10.3. The minimum absolute atomic E-state index is 0.113. The van der Waals surface area contributed by atoms with Crippen molar-refractivity contribution in [2.45, 2.75) is 36.0 Å². The van der Waals surface area contributed by atoms with Crippen molar-refractivity contribution in [3.05, 3.63) is 48.0 Å². The highest BCUT2D eigenvalue weighted by Crippen LogP contribution is 2.31. The van der Waals surface area contributed by atoms with Crippen molar-refractivity contribution in [1.82, 2.24) is 4.31 Å². The van der Waals surface area contributed by atoms with Gasteiger partial charge in [-0.2, -0.15) is 12.7 Å². The van der Waals surface area contributed by atoms with Gasteiger partial charge in [-0.3, -0.25) is 4.79 Å². The summed E-state index contributed by atoms with van der Waals surface area (Å²) in [5.74, 6) is -0.426. The molecule has 4 rings (SSSR count). The molecule has 0 atom stereocenters. The molecule has 0 radical (unpaired) electrons. The molecule has 0 spiro atoms. The van der Waals surface area contributed by atoms with Gasteiger partial charge in [-0.25, -0.2) is 8.42 Å². The number of amides is 1. The van der Waals surface area contributed by atoms with Crippen LogP contribution in [0.2, 0.25) is 0 Å². The van der Waals surface area contributed by atoms with Gasteiger partial charge in [0.25, 0.3) is 10.0 Å². The predicted molar refractivity (Wildman–Crippen MR) is 122 cm³/mol. The quantitative estimate of drug-likeness (QED) is 0.683. The van der Waals surface area contributed by atoms with Crippen LogP contribution in [0.5, 0.6) is 0 Å². The molecule has 32 heavy (non-hydrogen) atoms. The summed E-state index contributed by atoms with van der Waals surface area (Å²) in [4.78, 5) is 12.3. The lowest BCUT2D eigenvalue weighted by atomic mass is 9.97.